The lowest BCUT2D eigenvalue weighted by molar-refractivity contribution is -0.143. The van der Waals surface area contributed by atoms with Gasteiger partial charge >= 0.3 is 0 Å². The summed E-state index contributed by atoms with van der Waals surface area (Å²) in [5.41, 5.74) is 4.16. The van der Waals surface area contributed by atoms with E-state index in [1.54, 1.807) is 55.5 Å². The van der Waals surface area contributed by atoms with Gasteiger partial charge in [0.1, 0.15) is 23.5 Å². The Morgan fingerprint density at radius 3 is 2.54 bits per heavy atom. The van der Waals surface area contributed by atoms with E-state index in [-0.39, 0.29) is 30.6 Å². The van der Waals surface area contributed by atoms with Crippen molar-refractivity contribution in [3.05, 3.63) is 71.9 Å². The minimum atomic E-state index is -0.902. The van der Waals surface area contributed by atoms with Gasteiger partial charge in [-0.2, -0.15) is 5.48 Å². The number of hydrogen-bond donors (Lipinski definition) is 2. The van der Waals surface area contributed by atoms with Gasteiger partial charge in [-0.25, -0.2) is 4.39 Å². The minimum absolute atomic E-state index is 0.0323. The van der Waals surface area contributed by atoms with Crippen molar-refractivity contribution >= 4 is 11.8 Å². The number of hydrogen-bond acceptors (Lipinski definition) is 6. The molecule has 0 radical (unpaired) electrons. The number of aliphatic hydroxyl groups is 1. The van der Waals surface area contributed by atoms with Crippen LogP contribution in [0.25, 0.3) is 11.1 Å². The number of benzene rings is 2. The number of aliphatic hydroxyl groups excluding tert-OH is 1. The normalized spacial score (nSPS) is 18.5. The van der Waals surface area contributed by atoms with Crippen LogP contribution in [0.5, 0.6) is 5.75 Å². The van der Waals surface area contributed by atoms with E-state index in [9.17, 15) is 19.1 Å². The molecule has 3 aromatic rings. The van der Waals surface area contributed by atoms with E-state index in [0.29, 0.717) is 28.3 Å². The molecule has 2 heterocycles. The highest BCUT2D eigenvalue weighted by Crippen LogP contribution is 2.31. The Hall–Kier alpha value is -3.72. The van der Waals surface area contributed by atoms with Crippen LogP contribution in [0.4, 0.5) is 4.39 Å². The van der Waals surface area contributed by atoms with E-state index in [1.807, 2.05) is 13.8 Å². The van der Waals surface area contributed by atoms with Gasteiger partial charge in [-0.1, -0.05) is 49.3 Å². The molecule has 4 rings (SSSR count). The summed E-state index contributed by atoms with van der Waals surface area (Å²) in [5.74, 6) is -1.18. The standard InChI is InChI=1S/C26H28FN3O5/c1-15(2)24(23-12-16(3)28-35-23)26(33)30-14-18(31)13-22(30)25(32)29-34-19-10-8-17(9-11-19)20-6-4-5-7-21(20)27/h4-12,15,18,22,24,31H,13-14H2,1-3H3,(H,29,32)/t18-,22+,24+/m1/s1. The van der Waals surface area contributed by atoms with Crippen LogP contribution in [0, 0.1) is 18.7 Å². The van der Waals surface area contributed by atoms with Gasteiger partial charge in [-0.3, -0.25) is 9.59 Å². The summed E-state index contributed by atoms with van der Waals surface area (Å²) < 4.78 is 19.3. The van der Waals surface area contributed by atoms with E-state index in [0.717, 1.165) is 0 Å². The highest BCUT2D eigenvalue weighted by molar-refractivity contribution is 5.91. The Balaban J connectivity index is 1.43. The summed E-state index contributed by atoms with van der Waals surface area (Å²) in [4.78, 5) is 33.1. The number of halogens is 1. The third kappa shape index (κ3) is 5.35. The third-order valence-corrected chi connectivity index (χ3v) is 6.06. The van der Waals surface area contributed by atoms with Crippen LogP contribution in [0.3, 0.4) is 0 Å². The number of nitrogens with zero attached hydrogens (tertiary/aromatic N) is 2. The van der Waals surface area contributed by atoms with Crippen LogP contribution in [-0.2, 0) is 9.59 Å². The summed E-state index contributed by atoms with van der Waals surface area (Å²) in [5, 5.41) is 14.1. The smallest absolute Gasteiger partial charge is 0.275 e. The van der Waals surface area contributed by atoms with Crippen molar-refractivity contribution in [3.63, 3.8) is 0 Å². The van der Waals surface area contributed by atoms with E-state index >= 15 is 0 Å². The number of likely N-dealkylation sites (tertiary alicyclic amines) is 1. The number of nitrogens with one attached hydrogen (secondary N) is 1. The van der Waals surface area contributed by atoms with Crippen molar-refractivity contribution in [2.75, 3.05) is 6.54 Å². The fraction of sp³-hybridized carbons (Fsp3) is 0.346. The molecule has 1 fully saturated rings. The summed E-state index contributed by atoms with van der Waals surface area (Å²) in [6, 6.07) is 13.8. The second-order valence-corrected chi connectivity index (χ2v) is 9.06. The molecule has 9 heteroatoms. The molecule has 2 N–H and O–H groups in total. The third-order valence-electron chi connectivity index (χ3n) is 6.06. The van der Waals surface area contributed by atoms with E-state index < -0.39 is 24.0 Å². The van der Waals surface area contributed by atoms with Gasteiger partial charge in [0.15, 0.2) is 5.75 Å². The molecule has 1 saturated heterocycles. The van der Waals surface area contributed by atoms with Crippen LogP contribution in [0.15, 0.2) is 59.1 Å². The Morgan fingerprint density at radius 2 is 1.91 bits per heavy atom. The average Bonchev–Trinajstić information content (AvgIpc) is 3.43. The number of hydroxylamine groups is 1. The van der Waals surface area contributed by atoms with Crippen molar-refractivity contribution in [3.8, 4) is 16.9 Å². The number of aryl methyl sites for hydroxylation is 1. The highest BCUT2D eigenvalue weighted by Gasteiger charge is 2.43. The maximum Gasteiger partial charge on any atom is 0.275 e. The zero-order valence-corrected chi connectivity index (χ0v) is 19.8. The zero-order chi connectivity index (χ0) is 25.1. The number of carbonyl (C=O) groups excluding carboxylic acids is 2. The van der Waals surface area contributed by atoms with Gasteiger partial charge in [0.05, 0.1) is 11.8 Å². The molecule has 1 aliphatic rings. The first-order chi connectivity index (χ1) is 16.7. The molecule has 0 unspecified atom stereocenters. The predicted molar refractivity (Wildman–Crippen MR) is 126 cm³/mol. The monoisotopic (exact) mass is 481 g/mol. The van der Waals surface area contributed by atoms with Gasteiger partial charge in [-0.15, -0.1) is 0 Å². The first-order valence-corrected chi connectivity index (χ1v) is 11.5. The van der Waals surface area contributed by atoms with E-state index in [2.05, 4.69) is 10.6 Å². The van der Waals surface area contributed by atoms with Crippen molar-refractivity contribution < 1.29 is 28.4 Å². The number of rotatable bonds is 7. The molecule has 2 aromatic carbocycles. The fourth-order valence-electron chi connectivity index (χ4n) is 4.32. The molecule has 0 aliphatic carbocycles. The predicted octanol–water partition coefficient (Wildman–Crippen LogP) is 3.60. The Labute approximate surface area is 202 Å². The van der Waals surface area contributed by atoms with Gasteiger partial charge < -0.3 is 19.4 Å². The SMILES string of the molecule is Cc1cc([C@@H](C(=O)N2C[C@H](O)C[C@H]2C(=O)NOc2ccc(-c3ccccc3F)cc2)C(C)C)on1. The molecule has 8 nitrogen and oxygen atoms in total. The van der Waals surface area contributed by atoms with Crippen molar-refractivity contribution in [2.24, 2.45) is 5.92 Å². The van der Waals surface area contributed by atoms with Crippen LogP contribution in [0.2, 0.25) is 0 Å². The molecule has 3 atom stereocenters. The zero-order valence-electron chi connectivity index (χ0n) is 19.8. The van der Waals surface area contributed by atoms with Crippen LogP contribution in [0.1, 0.15) is 37.6 Å². The van der Waals surface area contributed by atoms with Gasteiger partial charge in [-0.05, 0) is 36.6 Å². The van der Waals surface area contributed by atoms with Crippen LogP contribution < -0.4 is 10.3 Å². The topological polar surface area (TPSA) is 105 Å². The molecule has 1 aliphatic heterocycles. The van der Waals surface area contributed by atoms with E-state index in [1.165, 1.54) is 11.0 Å². The Kier molecular flexibility index (Phi) is 7.16. The molecule has 0 bridgehead atoms. The summed E-state index contributed by atoms with van der Waals surface area (Å²) in [7, 11) is 0. The lowest BCUT2D eigenvalue weighted by Crippen LogP contribution is -2.48. The maximum atomic E-state index is 14.0. The lowest BCUT2D eigenvalue weighted by atomic mass is 9.91. The minimum Gasteiger partial charge on any atom is -0.391 e. The first-order valence-electron chi connectivity index (χ1n) is 11.5. The second-order valence-electron chi connectivity index (χ2n) is 9.06. The molecule has 2 amide bonds. The molecule has 0 saturated carbocycles. The van der Waals surface area contributed by atoms with Crippen LogP contribution in [-0.4, -0.2) is 45.7 Å². The maximum absolute atomic E-state index is 14.0. The number of β-amino-alcohol motifs (C(OH)–C–C–N with tert-alkyl or cyclic N) is 1. The lowest BCUT2D eigenvalue weighted by Gasteiger charge is -2.28. The largest absolute Gasteiger partial charge is 0.391 e. The summed E-state index contributed by atoms with van der Waals surface area (Å²) in [6.07, 6.45) is -0.744. The molecule has 1 aromatic heterocycles. The molecule has 184 valence electrons. The fourth-order valence-corrected chi connectivity index (χ4v) is 4.32. The number of carbonyl (C=O) groups is 2. The molecule has 35 heavy (non-hydrogen) atoms. The van der Waals surface area contributed by atoms with Crippen LogP contribution >= 0.6 is 0 Å². The highest BCUT2D eigenvalue weighted by atomic mass is 19.1. The first kappa shape index (κ1) is 24.4. The van der Waals surface area contributed by atoms with E-state index in [4.69, 9.17) is 9.36 Å². The van der Waals surface area contributed by atoms with Crippen molar-refractivity contribution in [1.82, 2.24) is 15.5 Å². The van der Waals surface area contributed by atoms with Gasteiger partial charge in [0.2, 0.25) is 5.91 Å². The molecule has 0 spiro atoms. The molecular weight excluding hydrogens is 453 g/mol. The summed E-state index contributed by atoms with van der Waals surface area (Å²) in [6.45, 7) is 5.57. The number of amides is 2. The van der Waals surface area contributed by atoms with Crippen molar-refractivity contribution in [1.29, 1.82) is 0 Å². The second kappa shape index (κ2) is 10.3. The molecular formula is C26H28FN3O5. The Morgan fingerprint density at radius 1 is 1.20 bits per heavy atom. The van der Waals surface area contributed by atoms with Gasteiger partial charge in [0, 0.05) is 24.6 Å². The van der Waals surface area contributed by atoms with Gasteiger partial charge in [0.25, 0.3) is 5.91 Å². The average molecular weight is 482 g/mol. The summed E-state index contributed by atoms with van der Waals surface area (Å²) >= 11 is 0. The van der Waals surface area contributed by atoms with Crippen molar-refractivity contribution in [2.45, 2.75) is 45.3 Å². The Bertz CT molecular complexity index is 1190. The quantitative estimate of drug-likeness (QED) is 0.500. The number of aromatic nitrogens is 1.